The highest BCUT2D eigenvalue weighted by atomic mass is 19.2. The molecule has 0 aromatic heterocycles. The maximum atomic E-state index is 14.5. The smallest absolute Gasteiger partial charge is 0.162 e. The van der Waals surface area contributed by atoms with Gasteiger partial charge in [0.1, 0.15) is 0 Å². The Labute approximate surface area is 164 Å². The maximum absolute atomic E-state index is 14.5. The molecule has 1 aromatic rings. The van der Waals surface area contributed by atoms with Gasteiger partial charge >= 0.3 is 0 Å². The van der Waals surface area contributed by atoms with Crippen LogP contribution in [0.3, 0.4) is 0 Å². The molecule has 0 saturated heterocycles. The Morgan fingerprint density at radius 1 is 0.963 bits per heavy atom. The van der Waals surface area contributed by atoms with Gasteiger partial charge in [-0.15, -0.1) is 0 Å². The zero-order valence-corrected chi connectivity index (χ0v) is 17.4. The van der Waals surface area contributed by atoms with Gasteiger partial charge in [0.15, 0.2) is 11.6 Å². The van der Waals surface area contributed by atoms with Gasteiger partial charge in [-0.2, -0.15) is 0 Å². The SMILES string of the molecule is CCC/C=C/C1CCC(C2CCC(C)(c3ccc(C)c(F)c3F)CC2)CC1. The molecule has 2 fully saturated rings. The van der Waals surface area contributed by atoms with Gasteiger partial charge < -0.3 is 0 Å². The molecule has 0 bridgehead atoms. The maximum Gasteiger partial charge on any atom is 0.162 e. The van der Waals surface area contributed by atoms with Crippen molar-refractivity contribution < 1.29 is 8.78 Å². The van der Waals surface area contributed by atoms with Crippen molar-refractivity contribution in [3.05, 3.63) is 47.0 Å². The lowest BCUT2D eigenvalue weighted by Crippen LogP contribution is -2.33. The fourth-order valence-electron chi connectivity index (χ4n) is 5.39. The molecule has 0 radical (unpaired) electrons. The lowest BCUT2D eigenvalue weighted by Gasteiger charge is -2.42. The van der Waals surface area contributed by atoms with E-state index in [2.05, 4.69) is 26.0 Å². The minimum Gasteiger partial charge on any atom is -0.203 e. The summed E-state index contributed by atoms with van der Waals surface area (Å²) in [5.41, 5.74) is 0.780. The largest absolute Gasteiger partial charge is 0.203 e. The van der Waals surface area contributed by atoms with Gasteiger partial charge in [-0.05, 0) is 99.0 Å². The second kappa shape index (κ2) is 8.88. The van der Waals surface area contributed by atoms with Gasteiger partial charge in [-0.25, -0.2) is 8.78 Å². The minimum atomic E-state index is -0.662. The molecular weight excluding hydrogens is 338 g/mol. The van der Waals surface area contributed by atoms with Gasteiger partial charge in [0.2, 0.25) is 0 Å². The molecule has 0 nitrogen and oxygen atoms in total. The first-order chi connectivity index (χ1) is 12.9. The van der Waals surface area contributed by atoms with Crippen molar-refractivity contribution in [2.45, 2.75) is 90.4 Å². The summed E-state index contributed by atoms with van der Waals surface area (Å²) in [5, 5.41) is 0. The number of hydrogen-bond acceptors (Lipinski definition) is 0. The van der Waals surface area contributed by atoms with E-state index in [1.54, 1.807) is 13.0 Å². The van der Waals surface area contributed by atoms with E-state index in [9.17, 15) is 8.78 Å². The highest BCUT2D eigenvalue weighted by Crippen LogP contribution is 2.47. The monoisotopic (exact) mass is 374 g/mol. The number of benzene rings is 1. The van der Waals surface area contributed by atoms with E-state index >= 15 is 0 Å². The first-order valence-corrected chi connectivity index (χ1v) is 11.1. The summed E-state index contributed by atoms with van der Waals surface area (Å²) < 4.78 is 28.6. The predicted octanol–water partition coefficient (Wildman–Crippen LogP) is 7.88. The molecular formula is C25H36F2. The van der Waals surface area contributed by atoms with Crippen molar-refractivity contribution >= 4 is 0 Å². The average Bonchev–Trinajstić information content (AvgIpc) is 2.67. The zero-order chi connectivity index (χ0) is 19.4. The summed E-state index contributed by atoms with van der Waals surface area (Å²) in [7, 11) is 0. The van der Waals surface area contributed by atoms with Crippen LogP contribution in [-0.4, -0.2) is 0 Å². The molecule has 0 heterocycles. The van der Waals surface area contributed by atoms with E-state index in [1.807, 2.05) is 6.07 Å². The van der Waals surface area contributed by atoms with Gasteiger partial charge in [0.05, 0.1) is 0 Å². The minimum absolute atomic E-state index is 0.213. The third-order valence-corrected chi connectivity index (χ3v) is 7.41. The van der Waals surface area contributed by atoms with E-state index in [4.69, 9.17) is 0 Å². The van der Waals surface area contributed by atoms with Crippen molar-refractivity contribution in [3.63, 3.8) is 0 Å². The Kier molecular flexibility index (Phi) is 6.76. The summed E-state index contributed by atoms with van der Waals surface area (Å²) in [6, 6.07) is 3.56. The molecule has 0 atom stereocenters. The lowest BCUT2D eigenvalue weighted by atomic mass is 9.63. The molecule has 0 aliphatic heterocycles. The van der Waals surface area contributed by atoms with Crippen LogP contribution in [-0.2, 0) is 5.41 Å². The first-order valence-electron chi connectivity index (χ1n) is 11.1. The summed E-state index contributed by atoms with van der Waals surface area (Å²) in [6.07, 6.45) is 16.9. The highest BCUT2D eigenvalue weighted by molar-refractivity contribution is 5.31. The molecule has 0 unspecified atom stereocenters. The molecule has 0 N–H and O–H groups in total. The number of allylic oxidation sites excluding steroid dienone is 2. The van der Waals surface area contributed by atoms with Crippen molar-refractivity contribution in [1.29, 1.82) is 0 Å². The molecule has 3 rings (SSSR count). The summed E-state index contributed by atoms with van der Waals surface area (Å²) in [5.74, 6) is 1.12. The first kappa shape index (κ1) is 20.6. The van der Waals surface area contributed by atoms with Crippen LogP contribution in [0.25, 0.3) is 0 Å². The van der Waals surface area contributed by atoms with E-state index in [0.29, 0.717) is 11.1 Å². The molecule has 2 saturated carbocycles. The van der Waals surface area contributed by atoms with Crippen LogP contribution in [0.2, 0.25) is 0 Å². The number of hydrogen-bond donors (Lipinski definition) is 0. The van der Waals surface area contributed by atoms with Crippen LogP contribution in [0.1, 0.15) is 89.2 Å². The van der Waals surface area contributed by atoms with E-state index in [0.717, 1.165) is 43.4 Å². The summed E-state index contributed by atoms with van der Waals surface area (Å²) in [4.78, 5) is 0. The number of halogens is 2. The molecule has 2 aliphatic carbocycles. The van der Waals surface area contributed by atoms with Crippen LogP contribution >= 0.6 is 0 Å². The van der Waals surface area contributed by atoms with E-state index < -0.39 is 11.6 Å². The lowest BCUT2D eigenvalue weighted by molar-refractivity contribution is 0.144. The Morgan fingerprint density at radius 2 is 1.59 bits per heavy atom. The number of rotatable bonds is 5. The Bertz CT molecular complexity index is 645. The van der Waals surface area contributed by atoms with Crippen molar-refractivity contribution in [2.24, 2.45) is 17.8 Å². The summed E-state index contributed by atoms with van der Waals surface area (Å²) in [6.45, 7) is 6.00. The second-order valence-corrected chi connectivity index (χ2v) is 9.35. The zero-order valence-electron chi connectivity index (χ0n) is 17.4. The van der Waals surface area contributed by atoms with E-state index in [-0.39, 0.29) is 5.41 Å². The van der Waals surface area contributed by atoms with Crippen LogP contribution < -0.4 is 0 Å². The molecule has 1 aromatic carbocycles. The van der Waals surface area contributed by atoms with Crippen molar-refractivity contribution in [2.75, 3.05) is 0 Å². The summed E-state index contributed by atoms with van der Waals surface area (Å²) >= 11 is 0. The standard InChI is InChI=1S/C25H36F2/c1-4-5-6-7-19-9-11-20(12-10-19)21-14-16-25(3,17-15-21)22-13-8-18(2)23(26)24(22)27/h6-8,13,19-21H,4-5,9-12,14-17H2,1-3H3/b7-6+. The van der Waals surface area contributed by atoms with Gasteiger partial charge in [-0.3, -0.25) is 0 Å². The van der Waals surface area contributed by atoms with Gasteiger partial charge in [-0.1, -0.05) is 44.6 Å². The van der Waals surface area contributed by atoms with Gasteiger partial charge in [0, 0.05) is 0 Å². The topological polar surface area (TPSA) is 0 Å². The molecule has 2 aliphatic rings. The molecule has 150 valence electrons. The third-order valence-electron chi connectivity index (χ3n) is 7.41. The average molecular weight is 375 g/mol. The van der Waals surface area contributed by atoms with Crippen molar-refractivity contribution in [3.8, 4) is 0 Å². The third kappa shape index (κ3) is 4.63. The van der Waals surface area contributed by atoms with Crippen LogP contribution in [0.5, 0.6) is 0 Å². The van der Waals surface area contributed by atoms with Crippen LogP contribution in [0.4, 0.5) is 8.78 Å². The fraction of sp³-hybridized carbons (Fsp3) is 0.680. The van der Waals surface area contributed by atoms with Crippen LogP contribution in [0.15, 0.2) is 24.3 Å². The van der Waals surface area contributed by atoms with Gasteiger partial charge in [0.25, 0.3) is 0 Å². The van der Waals surface area contributed by atoms with E-state index in [1.165, 1.54) is 38.5 Å². The quantitative estimate of drug-likeness (QED) is 0.460. The number of unbranched alkanes of at least 4 members (excludes halogenated alkanes) is 1. The molecule has 0 spiro atoms. The number of aryl methyl sites for hydroxylation is 1. The Morgan fingerprint density at radius 3 is 2.22 bits per heavy atom. The van der Waals surface area contributed by atoms with Crippen LogP contribution in [0, 0.1) is 36.3 Å². The Balaban J connectivity index is 1.56. The predicted molar refractivity (Wildman–Crippen MR) is 110 cm³/mol. The Hall–Kier alpha value is -1.18. The molecule has 2 heteroatoms. The fourth-order valence-corrected chi connectivity index (χ4v) is 5.39. The molecule has 0 amide bonds. The molecule has 27 heavy (non-hydrogen) atoms. The second-order valence-electron chi connectivity index (χ2n) is 9.35. The van der Waals surface area contributed by atoms with Crippen molar-refractivity contribution in [1.82, 2.24) is 0 Å². The highest BCUT2D eigenvalue weighted by Gasteiger charge is 2.38. The normalized spacial score (nSPS) is 32.1.